The van der Waals surface area contributed by atoms with Gasteiger partial charge in [-0.3, -0.25) is 4.79 Å². The van der Waals surface area contributed by atoms with Crippen molar-refractivity contribution in [3.63, 3.8) is 0 Å². The summed E-state index contributed by atoms with van der Waals surface area (Å²) in [5, 5.41) is 7.32. The molecule has 0 fully saturated rings. The number of benzene rings is 1. The van der Waals surface area contributed by atoms with Gasteiger partial charge in [-0.1, -0.05) is 11.6 Å². The topological polar surface area (TPSA) is 69.0 Å². The van der Waals surface area contributed by atoms with E-state index in [1.165, 1.54) is 6.33 Å². The smallest absolute Gasteiger partial charge is 0.250 e. The number of carbonyl (C=O) groups excluding carboxylic acids is 1. The number of carbonyl (C=O) groups is 1. The first kappa shape index (κ1) is 14.5. The monoisotopic (exact) mass is 294 g/mol. The molecule has 7 heteroatoms. The molecule has 0 bridgehead atoms. The van der Waals surface area contributed by atoms with E-state index in [-0.39, 0.29) is 18.6 Å². The average Bonchev–Trinajstić information content (AvgIpc) is 2.90. The summed E-state index contributed by atoms with van der Waals surface area (Å²) >= 11 is 5.96. The predicted octanol–water partition coefficient (Wildman–Crippen LogP) is 2.28. The molecule has 2 aromatic rings. The average molecular weight is 295 g/mol. The van der Waals surface area contributed by atoms with Crippen molar-refractivity contribution in [3.05, 3.63) is 35.9 Å². The molecule has 1 aromatic heterocycles. The normalized spacial score (nSPS) is 10.8. The molecule has 0 aliphatic heterocycles. The predicted molar refractivity (Wildman–Crippen MR) is 76.1 cm³/mol. The minimum Gasteiger partial charge on any atom is -0.369 e. The Morgan fingerprint density at radius 3 is 2.95 bits per heavy atom. The van der Waals surface area contributed by atoms with Gasteiger partial charge in [-0.25, -0.2) is 9.67 Å². The van der Waals surface area contributed by atoms with Crippen LogP contribution in [-0.4, -0.2) is 33.4 Å². The van der Waals surface area contributed by atoms with Crippen LogP contribution in [0.2, 0.25) is 5.02 Å². The van der Waals surface area contributed by atoms with Gasteiger partial charge in [-0.15, -0.1) is 0 Å². The second-order valence-electron chi connectivity index (χ2n) is 4.41. The van der Waals surface area contributed by atoms with Gasteiger partial charge < -0.3 is 10.1 Å². The van der Waals surface area contributed by atoms with E-state index in [0.29, 0.717) is 16.4 Å². The highest BCUT2D eigenvalue weighted by molar-refractivity contribution is 6.31. The molecule has 1 amide bonds. The Labute approximate surface area is 121 Å². The molecule has 0 unspecified atom stereocenters. The van der Waals surface area contributed by atoms with Crippen molar-refractivity contribution in [1.29, 1.82) is 0 Å². The van der Waals surface area contributed by atoms with Gasteiger partial charge >= 0.3 is 0 Å². The van der Waals surface area contributed by atoms with Gasteiger partial charge in [0.2, 0.25) is 5.91 Å². The standard InChI is InChI=1S/C13H15ClN4O2/c1-9(2)20-6-13(19)17-11-5-10(14)3-4-12(11)18-8-15-7-16-18/h3-5,7-9H,6H2,1-2H3,(H,17,19). The van der Waals surface area contributed by atoms with Gasteiger partial charge in [0, 0.05) is 5.02 Å². The first-order chi connectivity index (χ1) is 9.56. The van der Waals surface area contributed by atoms with Crippen molar-refractivity contribution in [1.82, 2.24) is 14.8 Å². The van der Waals surface area contributed by atoms with Gasteiger partial charge in [-0.2, -0.15) is 5.10 Å². The highest BCUT2D eigenvalue weighted by atomic mass is 35.5. The Hall–Kier alpha value is -1.92. The number of hydrogen-bond donors (Lipinski definition) is 1. The van der Waals surface area contributed by atoms with Crippen molar-refractivity contribution in [2.75, 3.05) is 11.9 Å². The number of aromatic nitrogens is 3. The summed E-state index contributed by atoms with van der Waals surface area (Å²) in [5.41, 5.74) is 1.24. The number of hydrogen-bond acceptors (Lipinski definition) is 4. The summed E-state index contributed by atoms with van der Waals surface area (Å²) in [4.78, 5) is 15.7. The molecule has 6 nitrogen and oxygen atoms in total. The maximum Gasteiger partial charge on any atom is 0.250 e. The highest BCUT2D eigenvalue weighted by Gasteiger charge is 2.10. The summed E-state index contributed by atoms with van der Waals surface area (Å²) in [7, 11) is 0. The lowest BCUT2D eigenvalue weighted by atomic mass is 10.2. The third-order valence-corrected chi connectivity index (χ3v) is 2.68. The molecule has 2 rings (SSSR count). The summed E-state index contributed by atoms with van der Waals surface area (Å²) in [5.74, 6) is -0.248. The van der Waals surface area contributed by atoms with Crippen LogP contribution in [0, 0.1) is 0 Å². The van der Waals surface area contributed by atoms with E-state index in [1.807, 2.05) is 13.8 Å². The Morgan fingerprint density at radius 2 is 2.30 bits per heavy atom. The van der Waals surface area contributed by atoms with Crippen molar-refractivity contribution in [2.24, 2.45) is 0 Å². The number of ether oxygens (including phenoxy) is 1. The van der Waals surface area contributed by atoms with Crippen LogP contribution in [0.4, 0.5) is 5.69 Å². The highest BCUT2D eigenvalue weighted by Crippen LogP contribution is 2.23. The van der Waals surface area contributed by atoms with Crippen molar-refractivity contribution in [2.45, 2.75) is 20.0 Å². The molecule has 0 spiro atoms. The molecule has 1 heterocycles. The van der Waals surface area contributed by atoms with Crippen LogP contribution in [0.15, 0.2) is 30.9 Å². The minimum atomic E-state index is -0.248. The molecular formula is C13H15ClN4O2. The largest absolute Gasteiger partial charge is 0.369 e. The Bertz CT molecular complexity index is 584. The molecule has 106 valence electrons. The SMILES string of the molecule is CC(C)OCC(=O)Nc1cc(Cl)ccc1-n1cncn1. The van der Waals surface area contributed by atoms with Crippen molar-refractivity contribution in [3.8, 4) is 5.69 Å². The first-order valence-electron chi connectivity index (χ1n) is 6.12. The van der Waals surface area contributed by atoms with Crippen LogP contribution >= 0.6 is 11.6 Å². The molecule has 0 aliphatic carbocycles. The number of halogens is 1. The molecule has 0 saturated heterocycles. The second kappa shape index (κ2) is 6.49. The van der Waals surface area contributed by atoms with Crippen LogP contribution < -0.4 is 5.32 Å². The van der Waals surface area contributed by atoms with E-state index in [9.17, 15) is 4.79 Å². The van der Waals surface area contributed by atoms with Crippen LogP contribution in [0.25, 0.3) is 5.69 Å². The van der Waals surface area contributed by atoms with Crippen LogP contribution in [-0.2, 0) is 9.53 Å². The quantitative estimate of drug-likeness (QED) is 0.918. The summed E-state index contributed by atoms with van der Waals surface area (Å²) < 4.78 is 6.81. The van der Waals surface area contributed by atoms with Crippen molar-refractivity contribution < 1.29 is 9.53 Å². The van der Waals surface area contributed by atoms with Gasteiger partial charge in [0.1, 0.15) is 19.3 Å². The Kier molecular flexibility index (Phi) is 4.70. The summed E-state index contributed by atoms with van der Waals surface area (Å²) in [6.07, 6.45) is 2.96. The Morgan fingerprint density at radius 1 is 1.50 bits per heavy atom. The molecule has 0 saturated carbocycles. The van der Waals surface area contributed by atoms with Gasteiger partial charge in [0.15, 0.2) is 0 Å². The van der Waals surface area contributed by atoms with E-state index in [1.54, 1.807) is 29.2 Å². The molecule has 20 heavy (non-hydrogen) atoms. The zero-order valence-corrected chi connectivity index (χ0v) is 12.0. The van der Waals surface area contributed by atoms with E-state index in [2.05, 4.69) is 15.4 Å². The van der Waals surface area contributed by atoms with Gasteiger partial charge in [-0.05, 0) is 32.0 Å². The molecular weight excluding hydrogens is 280 g/mol. The first-order valence-corrected chi connectivity index (χ1v) is 6.50. The molecule has 1 aromatic carbocycles. The summed E-state index contributed by atoms with van der Waals surface area (Å²) in [6.45, 7) is 3.72. The lowest BCUT2D eigenvalue weighted by Gasteiger charge is -2.12. The van der Waals surface area contributed by atoms with Crippen molar-refractivity contribution >= 4 is 23.2 Å². The lowest BCUT2D eigenvalue weighted by Crippen LogP contribution is -2.21. The molecule has 0 aliphatic rings. The molecule has 1 N–H and O–H groups in total. The summed E-state index contributed by atoms with van der Waals surface area (Å²) in [6, 6.07) is 5.14. The van der Waals surface area contributed by atoms with Crippen LogP contribution in [0.3, 0.4) is 0 Å². The fraction of sp³-hybridized carbons (Fsp3) is 0.308. The fourth-order valence-corrected chi connectivity index (χ4v) is 1.74. The fourth-order valence-electron chi connectivity index (χ4n) is 1.57. The molecule has 0 atom stereocenters. The number of nitrogens with zero attached hydrogens (tertiary/aromatic N) is 3. The Balaban J connectivity index is 2.18. The number of anilines is 1. The maximum atomic E-state index is 11.8. The van der Waals surface area contributed by atoms with E-state index >= 15 is 0 Å². The number of amides is 1. The third kappa shape index (κ3) is 3.79. The zero-order chi connectivity index (χ0) is 14.5. The number of rotatable bonds is 5. The van der Waals surface area contributed by atoms with Crippen LogP contribution in [0.1, 0.15) is 13.8 Å². The lowest BCUT2D eigenvalue weighted by molar-refractivity contribution is -0.121. The molecule has 0 radical (unpaired) electrons. The van der Waals surface area contributed by atoms with Gasteiger partial charge in [0.05, 0.1) is 17.5 Å². The van der Waals surface area contributed by atoms with Crippen LogP contribution in [0.5, 0.6) is 0 Å². The third-order valence-electron chi connectivity index (χ3n) is 2.45. The zero-order valence-electron chi connectivity index (χ0n) is 11.2. The van der Waals surface area contributed by atoms with E-state index in [0.717, 1.165) is 0 Å². The minimum absolute atomic E-state index is 0.00472. The second-order valence-corrected chi connectivity index (χ2v) is 4.85. The van der Waals surface area contributed by atoms with Gasteiger partial charge in [0.25, 0.3) is 0 Å². The van der Waals surface area contributed by atoms with E-state index < -0.39 is 0 Å². The van der Waals surface area contributed by atoms with E-state index in [4.69, 9.17) is 16.3 Å². The number of nitrogens with one attached hydrogen (secondary N) is 1. The maximum absolute atomic E-state index is 11.8.